The number of aryl methyl sites for hydroxylation is 1. The Hall–Kier alpha value is -1.10. The van der Waals surface area contributed by atoms with Crippen molar-refractivity contribution < 1.29 is 4.79 Å². The Morgan fingerprint density at radius 3 is 2.88 bits per heavy atom. The van der Waals surface area contributed by atoms with Crippen LogP contribution in [0.3, 0.4) is 0 Å². The normalized spacial score (nSPS) is 20.0. The van der Waals surface area contributed by atoms with Gasteiger partial charge in [-0.3, -0.25) is 4.79 Å². The lowest BCUT2D eigenvalue weighted by atomic mass is 10.2. The van der Waals surface area contributed by atoms with Gasteiger partial charge in [0.25, 0.3) is 0 Å². The number of carbonyl (C=O) groups is 1. The minimum Gasteiger partial charge on any atom is -0.339 e. The van der Waals surface area contributed by atoms with Gasteiger partial charge in [0.05, 0.1) is 11.3 Å². The first-order valence-electron chi connectivity index (χ1n) is 5.56. The number of aromatic nitrogens is 2. The maximum atomic E-state index is 11.5. The van der Waals surface area contributed by atoms with E-state index in [-0.39, 0.29) is 5.78 Å². The predicted molar refractivity (Wildman–Crippen MR) is 64.2 cm³/mol. The third-order valence-electron chi connectivity index (χ3n) is 3.04. The maximum Gasteiger partial charge on any atom is 0.225 e. The van der Waals surface area contributed by atoms with Gasteiger partial charge in [-0.25, -0.2) is 9.97 Å². The first kappa shape index (κ1) is 10.1. The Morgan fingerprint density at radius 2 is 2.06 bits per heavy atom. The molecular weight excluding hydrogens is 222 g/mol. The van der Waals surface area contributed by atoms with Gasteiger partial charge < -0.3 is 4.90 Å². The van der Waals surface area contributed by atoms with Gasteiger partial charge in [-0.2, -0.15) is 11.8 Å². The molecule has 0 bridgehead atoms. The molecule has 1 aromatic rings. The summed E-state index contributed by atoms with van der Waals surface area (Å²) in [6, 6.07) is 0. The topological polar surface area (TPSA) is 46.1 Å². The zero-order valence-corrected chi connectivity index (χ0v) is 9.79. The summed E-state index contributed by atoms with van der Waals surface area (Å²) >= 11 is 1.97. The van der Waals surface area contributed by atoms with Gasteiger partial charge in [-0.05, 0) is 6.42 Å². The van der Waals surface area contributed by atoms with E-state index < -0.39 is 0 Å². The van der Waals surface area contributed by atoms with Crippen molar-refractivity contribution in [2.75, 3.05) is 29.5 Å². The monoisotopic (exact) mass is 235 g/mol. The van der Waals surface area contributed by atoms with E-state index in [1.165, 1.54) is 0 Å². The van der Waals surface area contributed by atoms with E-state index in [0.717, 1.165) is 48.2 Å². The fourth-order valence-corrected chi connectivity index (χ4v) is 3.02. The van der Waals surface area contributed by atoms with Gasteiger partial charge >= 0.3 is 0 Å². The molecule has 4 nitrogen and oxygen atoms in total. The van der Waals surface area contributed by atoms with E-state index in [0.29, 0.717) is 6.42 Å². The molecule has 0 saturated carbocycles. The number of anilines is 1. The molecule has 1 aromatic heterocycles. The van der Waals surface area contributed by atoms with E-state index in [1.807, 2.05) is 11.8 Å². The SMILES string of the molecule is O=C1CCc2nc(N3CCSCC3)ncc21. The third-order valence-corrected chi connectivity index (χ3v) is 3.98. The molecule has 0 amide bonds. The molecule has 0 unspecified atom stereocenters. The summed E-state index contributed by atoms with van der Waals surface area (Å²) in [5, 5.41) is 0. The highest BCUT2D eigenvalue weighted by atomic mass is 32.2. The van der Waals surface area contributed by atoms with Gasteiger partial charge in [0.15, 0.2) is 5.78 Å². The number of fused-ring (bicyclic) bond motifs is 1. The first-order chi connectivity index (χ1) is 7.84. The van der Waals surface area contributed by atoms with Crippen LogP contribution in [0.25, 0.3) is 0 Å². The summed E-state index contributed by atoms with van der Waals surface area (Å²) in [5.74, 6) is 3.27. The van der Waals surface area contributed by atoms with E-state index in [2.05, 4.69) is 14.9 Å². The number of Topliss-reactive ketones (excluding diaryl/α,β-unsaturated/α-hetero) is 1. The molecule has 3 rings (SSSR count). The molecule has 0 atom stereocenters. The zero-order valence-electron chi connectivity index (χ0n) is 8.98. The number of thioether (sulfide) groups is 1. The lowest BCUT2D eigenvalue weighted by molar-refractivity contribution is 0.0994. The molecule has 5 heteroatoms. The van der Waals surface area contributed by atoms with E-state index in [9.17, 15) is 4.79 Å². The zero-order chi connectivity index (χ0) is 11.0. The number of hydrogen-bond donors (Lipinski definition) is 0. The fraction of sp³-hybridized carbons (Fsp3) is 0.545. The minimum absolute atomic E-state index is 0.191. The molecule has 84 valence electrons. The highest BCUT2D eigenvalue weighted by Crippen LogP contribution is 2.22. The van der Waals surface area contributed by atoms with Crippen LogP contribution in [0, 0.1) is 0 Å². The van der Waals surface area contributed by atoms with Crippen molar-refractivity contribution in [3.63, 3.8) is 0 Å². The highest BCUT2D eigenvalue weighted by Gasteiger charge is 2.23. The Balaban J connectivity index is 1.89. The Morgan fingerprint density at radius 1 is 1.25 bits per heavy atom. The predicted octanol–water partition coefficient (Wildman–Crippen LogP) is 1.16. The van der Waals surface area contributed by atoms with Crippen molar-refractivity contribution in [1.82, 2.24) is 9.97 Å². The van der Waals surface area contributed by atoms with Crippen molar-refractivity contribution in [2.45, 2.75) is 12.8 Å². The second-order valence-electron chi connectivity index (χ2n) is 4.05. The largest absolute Gasteiger partial charge is 0.339 e. The maximum absolute atomic E-state index is 11.5. The smallest absolute Gasteiger partial charge is 0.225 e. The average molecular weight is 235 g/mol. The molecule has 2 heterocycles. The number of rotatable bonds is 1. The second-order valence-corrected chi connectivity index (χ2v) is 5.28. The van der Waals surface area contributed by atoms with Crippen LogP contribution in [-0.4, -0.2) is 40.3 Å². The lowest BCUT2D eigenvalue weighted by Gasteiger charge is -2.26. The number of nitrogens with zero attached hydrogens (tertiary/aromatic N) is 3. The first-order valence-corrected chi connectivity index (χ1v) is 6.72. The Bertz CT molecular complexity index is 429. The Labute approximate surface area is 98.5 Å². The molecule has 1 saturated heterocycles. The highest BCUT2D eigenvalue weighted by molar-refractivity contribution is 7.99. The van der Waals surface area contributed by atoms with Gasteiger partial charge in [0.2, 0.25) is 5.95 Å². The molecular formula is C11H13N3OS. The van der Waals surface area contributed by atoms with Gasteiger partial charge in [0, 0.05) is 37.2 Å². The lowest BCUT2D eigenvalue weighted by Crippen LogP contribution is -2.34. The number of carbonyl (C=O) groups excluding carboxylic acids is 1. The molecule has 16 heavy (non-hydrogen) atoms. The summed E-state index contributed by atoms with van der Waals surface area (Å²) < 4.78 is 0. The van der Waals surface area contributed by atoms with Crippen LogP contribution in [0.15, 0.2) is 6.20 Å². The molecule has 1 aliphatic heterocycles. The van der Waals surface area contributed by atoms with Crippen molar-refractivity contribution in [3.8, 4) is 0 Å². The van der Waals surface area contributed by atoms with Gasteiger partial charge in [-0.15, -0.1) is 0 Å². The van der Waals surface area contributed by atoms with Crippen LogP contribution >= 0.6 is 11.8 Å². The van der Waals surface area contributed by atoms with Gasteiger partial charge in [-0.1, -0.05) is 0 Å². The molecule has 1 aliphatic carbocycles. The third kappa shape index (κ3) is 1.69. The van der Waals surface area contributed by atoms with E-state index >= 15 is 0 Å². The summed E-state index contributed by atoms with van der Waals surface area (Å²) in [4.78, 5) is 22.5. The molecule has 0 aromatic carbocycles. The second kappa shape index (κ2) is 4.05. The van der Waals surface area contributed by atoms with Crippen molar-refractivity contribution >= 4 is 23.5 Å². The van der Waals surface area contributed by atoms with Crippen LogP contribution in [-0.2, 0) is 6.42 Å². The fourth-order valence-electron chi connectivity index (χ4n) is 2.11. The standard InChI is InChI=1S/C11H13N3OS/c15-10-2-1-9-8(10)7-12-11(13-9)14-3-5-16-6-4-14/h7H,1-6H2. The summed E-state index contributed by atoms with van der Waals surface area (Å²) in [6.07, 6.45) is 3.09. The van der Waals surface area contributed by atoms with Crippen molar-refractivity contribution in [3.05, 3.63) is 17.5 Å². The summed E-state index contributed by atoms with van der Waals surface area (Å²) in [6.45, 7) is 2.02. The van der Waals surface area contributed by atoms with E-state index in [1.54, 1.807) is 6.20 Å². The molecule has 0 radical (unpaired) electrons. The summed E-state index contributed by atoms with van der Waals surface area (Å²) in [5.41, 5.74) is 1.67. The molecule has 0 spiro atoms. The van der Waals surface area contributed by atoms with Crippen LogP contribution < -0.4 is 4.90 Å². The number of hydrogen-bond acceptors (Lipinski definition) is 5. The van der Waals surface area contributed by atoms with Crippen LogP contribution in [0.1, 0.15) is 22.5 Å². The van der Waals surface area contributed by atoms with Crippen LogP contribution in [0.2, 0.25) is 0 Å². The molecule has 0 N–H and O–H groups in total. The Kier molecular flexibility index (Phi) is 2.55. The number of ketones is 1. The summed E-state index contributed by atoms with van der Waals surface area (Å²) in [7, 11) is 0. The minimum atomic E-state index is 0.191. The van der Waals surface area contributed by atoms with E-state index in [4.69, 9.17) is 0 Å². The van der Waals surface area contributed by atoms with Crippen molar-refractivity contribution in [1.29, 1.82) is 0 Å². The molecule has 2 aliphatic rings. The quantitative estimate of drug-likeness (QED) is 0.731. The average Bonchev–Trinajstić information content (AvgIpc) is 2.72. The van der Waals surface area contributed by atoms with Gasteiger partial charge in [0.1, 0.15) is 0 Å². The van der Waals surface area contributed by atoms with Crippen LogP contribution in [0.5, 0.6) is 0 Å². The molecule has 1 fully saturated rings. The van der Waals surface area contributed by atoms with Crippen molar-refractivity contribution in [2.24, 2.45) is 0 Å². The van der Waals surface area contributed by atoms with Crippen LogP contribution in [0.4, 0.5) is 5.95 Å².